The summed E-state index contributed by atoms with van der Waals surface area (Å²) < 4.78 is 2.45. The van der Waals surface area contributed by atoms with E-state index in [9.17, 15) is 0 Å². The lowest BCUT2D eigenvalue weighted by molar-refractivity contribution is 1.17. The Hall–Kier alpha value is -8.08. The van der Waals surface area contributed by atoms with Gasteiger partial charge in [-0.2, -0.15) is 0 Å². The first-order chi connectivity index (χ1) is 30.6. The second-order valence-electron chi connectivity index (χ2n) is 15.4. The molecule has 0 spiro atoms. The molecule has 4 heteroatoms. The Kier molecular flexibility index (Phi) is 11.5. The van der Waals surface area contributed by atoms with Gasteiger partial charge in [-0.25, -0.2) is 0 Å². The van der Waals surface area contributed by atoms with E-state index in [2.05, 4.69) is 217 Å². The van der Waals surface area contributed by atoms with E-state index in [1.807, 2.05) is 24.3 Å². The number of anilines is 3. The predicted octanol–water partition coefficient (Wildman–Crippen LogP) is 14.7. The van der Waals surface area contributed by atoms with Gasteiger partial charge in [0.2, 0.25) is 0 Å². The number of hydrogen-bond donors (Lipinski definition) is 2. The van der Waals surface area contributed by atoms with Gasteiger partial charge in [0.15, 0.2) is 0 Å². The predicted molar refractivity (Wildman–Crippen MR) is 265 cm³/mol. The second kappa shape index (κ2) is 18.0. The van der Waals surface area contributed by atoms with Crippen LogP contribution in [0.2, 0.25) is 0 Å². The Labute approximate surface area is 364 Å². The smallest absolute Gasteiger partial charge is 0.0619 e. The molecular formula is C58H48N4. The summed E-state index contributed by atoms with van der Waals surface area (Å²) >= 11 is 0. The van der Waals surface area contributed by atoms with E-state index in [0.717, 1.165) is 45.8 Å². The van der Waals surface area contributed by atoms with Crippen molar-refractivity contribution >= 4 is 44.4 Å². The highest BCUT2D eigenvalue weighted by molar-refractivity contribution is 6.16. The van der Waals surface area contributed by atoms with Gasteiger partial charge in [-0.1, -0.05) is 140 Å². The van der Waals surface area contributed by atoms with Crippen molar-refractivity contribution in [1.29, 1.82) is 0 Å². The van der Waals surface area contributed by atoms with Crippen molar-refractivity contribution in [3.63, 3.8) is 0 Å². The van der Waals surface area contributed by atoms with Crippen LogP contribution in [0.25, 0.3) is 66.4 Å². The van der Waals surface area contributed by atoms with Crippen molar-refractivity contribution in [2.75, 3.05) is 4.90 Å². The van der Waals surface area contributed by atoms with Gasteiger partial charge < -0.3 is 20.9 Å². The highest BCUT2D eigenvalue weighted by Gasteiger charge is 2.20. The van der Waals surface area contributed by atoms with Gasteiger partial charge in [-0.3, -0.25) is 0 Å². The molecule has 0 saturated heterocycles. The van der Waals surface area contributed by atoms with E-state index in [-0.39, 0.29) is 0 Å². The lowest BCUT2D eigenvalue weighted by Gasteiger charge is -2.26. The molecule has 0 atom stereocenters. The molecule has 0 unspecified atom stereocenters. The van der Waals surface area contributed by atoms with Crippen LogP contribution in [0, 0.1) is 0 Å². The molecule has 0 amide bonds. The zero-order chi connectivity index (χ0) is 42.3. The Balaban J connectivity index is 1.21. The number of rotatable bonds is 12. The quantitative estimate of drug-likeness (QED) is 0.121. The van der Waals surface area contributed by atoms with E-state index in [0.29, 0.717) is 0 Å². The average Bonchev–Trinajstić information content (AvgIpc) is 3.67. The summed E-state index contributed by atoms with van der Waals surface area (Å²) in [5.74, 6) is 0. The molecule has 9 rings (SSSR count). The Morgan fingerprint density at radius 2 is 1.05 bits per heavy atom. The van der Waals surface area contributed by atoms with E-state index >= 15 is 0 Å². The summed E-state index contributed by atoms with van der Waals surface area (Å²) in [6.07, 6.45) is 13.8. The first-order valence-corrected chi connectivity index (χ1v) is 21.1. The van der Waals surface area contributed by atoms with Crippen LogP contribution in [-0.2, 0) is 6.42 Å². The van der Waals surface area contributed by atoms with Crippen LogP contribution >= 0.6 is 0 Å². The molecule has 4 nitrogen and oxygen atoms in total. The fourth-order valence-electron chi connectivity index (χ4n) is 8.36. The maximum absolute atomic E-state index is 5.64. The SMILES string of the molecule is C/C(=C\C=C/N)c1ccc(N(c2ccc(C/C=C\C=C/N)cc2)c2ccc(-n3c4ccc(-c5ccccc5)cc4c4cc(-c5ccccc5)cc(-c5ccccc5)c43)cc2)cc1. The molecule has 4 N–H and O–H groups in total. The van der Waals surface area contributed by atoms with Crippen LogP contribution in [0.15, 0.2) is 237 Å². The summed E-state index contributed by atoms with van der Waals surface area (Å²) in [6.45, 7) is 2.10. The molecule has 0 aliphatic heterocycles. The van der Waals surface area contributed by atoms with Gasteiger partial charge in [-0.05, 0) is 155 Å². The van der Waals surface area contributed by atoms with Gasteiger partial charge >= 0.3 is 0 Å². The Morgan fingerprint density at radius 3 is 1.66 bits per heavy atom. The van der Waals surface area contributed by atoms with Gasteiger partial charge in [0.1, 0.15) is 0 Å². The lowest BCUT2D eigenvalue weighted by Crippen LogP contribution is -2.10. The monoisotopic (exact) mass is 800 g/mol. The minimum Gasteiger partial charge on any atom is -0.405 e. The van der Waals surface area contributed by atoms with Gasteiger partial charge in [0, 0.05) is 39.1 Å². The van der Waals surface area contributed by atoms with Gasteiger partial charge in [-0.15, -0.1) is 0 Å². The lowest BCUT2D eigenvalue weighted by atomic mass is 9.95. The zero-order valence-corrected chi connectivity index (χ0v) is 34.8. The molecule has 300 valence electrons. The Bertz CT molecular complexity index is 3060. The van der Waals surface area contributed by atoms with E-state index < -0.39 is 0 Å². The first kappa shape index (κ1) is 39.4. The minimum atomic E-state index is 0.820. The number of hydrogen-bond acceptors (Lipinski definition) is 3. The van der Waals surface area contributed by atoms with Crippen LogP contribution < -0.4 is 16.4 Å². The van der Waals surface area contributed by atoms with Crippen LogP contribution in [0.3, 0.4) is 0 Å². The first-order valence-electron chi connectivity index (χ1n) is 21.1. The normalized spacial score (nSPS) is 12.0. The molecule has 0 fully saturated rings. The maximum Gasteiger partial charge on any atom is 0.0619 e. The van der Waals surface area contributed by atoms with Crippen LogP contribution in [0.4, 0.5) is 17.1 Å². The van der Waals surface area contributed by atoms with Crippen LogP contribution in [0.1, 0.15) is 18.1 Å². The van der Waals surface area contributed by atoms with Crippen molar-refractivity contribution in [2.24, 2.45) is 11.5 Å². The molecule has 1 aromatic heterocycles. The molecular weight excluding hydrogens is 753 g/mol. The summed E-state index contributed by atoms with van der Waals surface area (Å²) in [6, 6.07) is 70.3. The average molecular weight is 801 g/mol. The highest BCUT2D eigenvalue weighted by Crippen LogP contribution is 2.43. The third-order valence-corrected chi connectivity index (χ3v) is 11.5. The third kappa shape index (κ3) is 8.10. The zero-order valence-electron chi connectivity index (χ0n) is 34.8. The summed E-state index contributed by atoms with van der Waals surface area (Å²) in [5, 5.41) is 2.42. The second-order valence-corrected chi connectivity index (χ2v) is 15.4. The molecule has 62 heavy (non-hydrogen) atoms. The van der Waals surface area contributed by atoms with Crippen LogP contribution in [-0.4, -0.2) is 4.57 Å². The van der Waals surface area contributed by atoms with Crippen LogP contribution in [0.5, 0.6) is 0 Å². The molecule has 9 aromatic rings. The summed E-state index contributed by atoms with van der Waals surface area (Å²) in [4.78, 5) is 2.32. The molecule has 1 heterocycles. The third-order valence-electron chi connectivity index (χ3n) is 11.5. The number of nitrogens with two attached hydrogens (primary N) is 2. The summed E-state index contributed by atoms with van der Waals surface area (Å²) in [7, 11) is 0. The van der Waals surface area contributed by atoms with Gasteiger partial charge in [0.25, 0.3) is 0 Å². The fraction of sp³-hybridized carbons (Fsp3) is 0.0345. The topological polar surface area (TPSA) is 60.2 Å². The molecule has 0 radical (unpaired) electrons. The number of benzene rings is 8. The van der Waals surface area contributed by atoms with Crippen molar-refractivity contribution in [1.82, 2.24) is 4.57 Å². The Morgan fingerprint density at radius 1 is 0.500 bits per heavy atom. The van der Waals surface area contributed by atoms with Crippen molar-refractivity contribution in [3.05, 3.63) is 248 Å². The largest absolute Gasteiger partial charge is 0.405 e. The molecule has 0 aliphatic carbocycles. The van der Waals surface area contributed by atoms with Crippen molar-refractivity contribution in [2.45, 2.75) is 13.3 Å². The van der Waals surface area contributed by atoms with Gasteiger partial charge in [0.05, 0.1) is 11.0 Å². The van der Waals surface area contributed by atoms with Crippen molar-refractivity contribution in [3.8, 4) is 39.1 Å². The molecule has 0 bridgehead atoms. The number of aromatic nitrogens is 1. The van der Waals surface area contributed by atoms with E-state index in [4.69, 9.17) is 11.5 Å². The number of nitrogens with zero attached hydrogens (tertiary/aromatic N) is 2. The standard InChI is InChI=1S/C58H48N4/c1-42(15-14-38-60)44-25-30-51(31-26-44)61(50-28-23-43(24-29-50)16-6-5-13-37-59)52-32-34-53(35-33-52)62-57-36-27-48(45-17-7-2-8-18-45)39-55(57)56-41-49(46-19-9-3-10-20-46)40-54(58(56)62)47-21-11-4-12-22-47/h2-15,17-41H,16,59-60H2,1H3/b6-5-,37-13-,38-14-,42-15+. The fourth-order valence-corrected chi connectivity index (χ4v) is 8.36. The van der Waals surface area contributed by atoms with E-state index in [1.165, 1.54) is 55.2 Å². The minimum absolute atomic E-state index is 0.820. The summed E-state index contributed by atoms with van der Waals surface area (Å²) in [5.41, 5.74) is 28.4. The maximum atomic E-state index is 5.64. The molecule has 0 aliphatic rings. The van der Waals surface area contributed by atoms with Crippen molar-refractivity contribution < 1.29 is 0 Å². The highest BCUT2D eigenvalue weighted by atomic mass is 15.1. The van der Waals surface area contributed by atoms with E-state index in [1.54, 1.807) is 12.4 Å². The molecule has 0 saturated carbocycles. The number of allylic oxidation sites excluding steroid dienone is 6. The number of fused-ring (bicyclic) bond motifs is 3. The molecule has 8 aromatic carbocycles.